The molecule has 0 heterocycles. The minimum Gasteiger partial charge on any atom is -0.460 e. The molecule has 0 saturated carbocycles. The number of hydrogen-bond donors (Lipinski definition) is 0. The minimum atomic E-state index is -0.426. The second-order valence-corrected chi connectivity index (χ2v) is 4.23. The van der Waals surface area contributed by atoms with Crippen LogP contribution < -0.4 is 0 Å². The van der Waals surface area contributed by atoms with E-state index in [1.54, 1.807) is 6.92 Å². The van der Waals surface area contributed by atoms with Crippen molar-refractivity contribution in [3.63, 3.8) is 0 Å². The average molecular weight is 174 g/mol. The van der Waals surface area contributed by atoms with Gasteiger partial charge in [-0.05, 0) is 27.7 Å². The van der Waals surface area contributed by atoms with Crippen molar-refractivity contribution < 1.29 is 9.53 Å². The van der Waals surface area contributed by atoms with Crippen molar-refractivity contribution in [3.8, 4) is 0 Å². The molecule has 0 aromatic rings. The summed E-state index contributed by atoms with van der Waals surface area (Å²) in [5.74, 6) is -0.207. The summed E-state index contributed by atoms with van der Waals surface area (Å²) in [6, 6.07) is 0. The Kier molecular flexibility index (Phi) is 3.66. The van der Waals surface area contributed by atoms with Gasteiger partial charge in [0.25, 0.3) is 0 Å². The van der Waals surface area contributed by atoms with Crippen LogP contribution in [0, 0.1) is 5.41 Å². The van der Waals surface area contributed by atoms with E-state index in [-0.39, 0.29) is 12.6 Å². The molecule has 0 amide bonds. The van der Waals surface area contributed by atoms with Gasteiger partial charge in [-0.3, -0.25) is 4.79 Å². The Morgan fingerprint density at radius 2 is 1.91 bits per heavy atom. The molecule has 0 N–H and O–H groups in total. The molecule has 0 aromatic heterocycles. The molecule has 11 heavy (non-hydrogen) atoms. The molecule has 0 fully saturated rings. The Balaban J connectivity index is 3.80. The van der Waals surface area contributed by atoms with Gasteiger partial charge >= 0.3 is 5.97 Å². The van der Waals surface area contributed by atoms with E-state index in [9.17, 15) is 4.79 Å². The first-order chi connectivity index (χ1) is 4.84. The van der Waals surface area contributed by atoms with Crippen LogP contribution in [0.15, 0.2) is 0 Å². The molecule has 3 heteroatoms. The Labute approximate surface area is 72.9 Å². The molecular weight excluding hydrogens is 160 g/mol. The third kappa shape index (κ3) is 4.90. The zero-order valence-electron chi connectivity index (χ0n) is 7.43. The highest BCUT2D eigenvalue weighted by molar-refractivity contribution is 7.80. The molecule has 0 unspecified atom stereocenters. The van der Waals surface area contributed by atoms with Crippen molar-refractivity contribution in [2.24, 2.45) is 5.41 Å². The van der Waals surface area contributed by atoms with Gasteiger partial charge in [-0.15, -0.1) is 0 Å². The third-order valence-electron chi connectivity index (χ3n) is 1.02. The van der Waals surface area contributed by atoms with E-state index in [0.29, 0.717) is 4.86 Å². The second kappa shape index (κ2) is 3.81. The van der Waals surface area contributed by atoms with Gasteiger partial charge < -0.3 is 4.74 Å². The summed E-state index contributed by atoms with van der Waals surface area (Å²) in [6.45, 7) is 7.45. The quantitative estimate of drug-likeness (QED) is 0.473. The third-order valence-corrected chi connectivity index (χ3v) is 1.14. The number of carbonyl (C=O) groups is 1. The van der Waals surface area contributed by atoms with Gasteiger partial charge in [0.1, 0.15) is 6.61 Å². The summed E-state index contributed by atoms with van der Waals surface area (Å²) in [5.41, 5.74) is -0.426. The number of ether oxygens (including phenoxy) is 1. The zero-order valence-corrected chi connectivity index (χ0v) is 8.25. The van der Waals surface area contributed by atoms with Gasteiger partial charge in [0.15, 0.2) is 0 Å². The van der Waals surface area contributed by atoms with E-state index in [1.165, 1.54) is 0 Å². The van der Waals surface area contributed by atoms with Crippen molar-refractivity contribution in [2.75, 3.05) is 6.61 Å². The molecule has 0 saturated heterocycles. The van der Waals surface area contributed by atoms with Crippen LogP contribution >= 0.6 is 12.2 Å². The first-order valence-electron chi connectivity index (χ1n) is 3.50. The number of carbonyl (C=O) groups excluding carboxylic acids is 1. The maximum atomic E-state index is 11.1. The van der Waals surface area contributed by atoms with Crippen LogP contribution in [0.4, 0.5) is 0 Å². The summed E-state index contributed by atoms with van der Waals surface area (Å²) in [6.07, 6.45) is 0. The van der Waals surface area contributed by atoms with Gasteiger partial charge in [0.2, 0.25) is 0 Å². The van der Waals surface area contributed by atoms with Crippen LogP contribution in [0.5, 0.6) is 0 Å². The molecular formula is C8H14O2S. The molecule has 64 valence electrons. The fourth-order valence-electron chi connectivity index (χ4n) is 0.384. The van der Waals surface area contributed by atoms with Crippen molar-refractivity contribution in [2.45, 2.75) is 27.7 Å². The van der Waals surface area contributed by atoms with E-state index >= 15 is 0 Å². The van der Waals surface area contributed by atoms with Gasteiger partial charge in [-0.25, -0.2) is 0 Å². The Morgan fingerprint density at radius 1 is 1.45 bits per heavy atom. The van der Waals surface area contributed by atoms with Crippen LogP contribution in [0.25, 0.3) is 0 Å². The number of hydrogen-bond acceptors (Lipinski definition) is 3. The van der Waals surface area contributed by atoms with Crippen molar-refractivity contribution in [1.82, 2.24) is 0 Å². The molecule has 2 nitrogen and oxygen atoms in total. The van der Waals surface area contributed by atoms with Crippen LogP contribution in [0.2, 0.25) is 0 Å². The summed E-state index contributed by atoms with van der Waals surface area (Å²) in [5, 5.41) is 0. The predicted octanol–water partition coefficient (Wildman–Crippen LogP) is 1.97. The Morgan fingerprint density at radius 3 is 2.18 bits per heavy atom. The molecule has 0 aromatic carbocycles. The van der Waals surface area contributed by atoms with Crippen molar-refractivity contribution >= 4 is 23.1 Å². The van der Waals surface area contributed by atoms with Crippen LogP contribution in [0.3, 0.4) is 0 Å². The highest BCUT2D eigenvalue weighted by atomic mass is 32.1. The number of thiocarbonyl (C=S) groups is 1. The second-order valence-electron chi connectivity index (χ2n) is 3.53. The highest BCUT2D eigenvalue weighted by Gasteiger charge is 2.22. The Hall–Kier alpha value is -0.440. The molecule has 0 atom stereocenters. The van der Waals surface area contributed by atoms with E-state index in [4.69, 9.17) is 17.0 Å². The maximum absolute atomic E-state index is 11.1. The van der Waals surface area contributed by atoms with Crippen LogP contribution in [0.1, 0.15) is 27.7 Å². The fourth-order valence-corrected chi connectivity index (χ4v) is 0.443. The highest BCUT2D eigenvalue weighted by Crippen LogP contribution is 2.14. The summed E-state index contributed by atoms with van der Waals surface area (Å²) in [7, 11) is 0. The van der Waals surface area contributed by atoms with Gasteiger partial charge in [-0.2, -0.15) is 0 Å². The van der Waals surface area contributed by atoms with Crippen LogP contribution in [-0.4, -0.2) is 17.4 Å². The topological polar surface area (TPSA) is 26.3 Å². The van der Waals surface area contributed by atoms with Crippen LogP contribution in [-0.2, 0) is 9.53 Å². The first kappa shape index (κ1) is 10.6. The van der Waals surface area contributed by atoms with E-state index in [2.05, 4.69) is 0 Å². The van der Waals surface area contributed by atoms with Crippen molar-refractivity contribution in [3.05, 3.63) is 0 Å². The van der Waals surface area contributed by atoms with Crippen molar-refractivity contribution in [1.29, 1.82) is 0 Å². The molecule has 0 radical (unpaired) electrons. The molecule has 0 spiro atoms. The normalized spacial score (nSPS) is 10.9. The maximum Gasteiger partial charge on any atom is 0.311 e. The number of rotatable bonds is 2. The molecule has 0 aliphatic carbocycles. The zero-order chi connectivity index (χ0) is 9.07. The minimum absolute atomic E-state index is 0.207. The summed E-state index contributed by atoms with van der Waals surface area (Å²) >= 11 is 4.76. The SMILES string of the molecule is CC(=S)COC(=O)C(C)(C)C. The van der Waals surface area contributed by atoms with Gasteiger partial charge in [0.05, 0.1) is 5.41 Å². The fraction of sp³-hybridized carbons (Fsp3) is 0.750. The average Bonchev–Trinajstić information content (AvgIpc) is 1.80. The summed E-state index contributed by atoms with van der Waals surface area (Å²) in [4.78, 5) is 11.8. The summed E-state index contributed by atoms with van der Waals surface area (Å²) < 4.78 is 4.89. The molecule has 0 rings (SSSR count). The lowest BCUT2D eigenvalue weighted by Gasteiger charge is -2.15. The van der Waals surface area contributed by atoms with E-state index in [0.717, 1.165) is 0 Å². The molecule has 0 aliphatic rings. The lowest BCUT2D eigenvalue weighted by atomic mass is 9.97. The van der Waals surface area contributed by atoms with E-state index < -0.39 is 5.41 Å². The van der Waals surface area contributed by atoms with E-state index in [1.807, 2.05) is 20.8 Å². The van der Waals surface area contributed by atoms with Gasteiger partial charge in [0, 0.05) is 4.86 Å². The lowest BCUT2D eigenvalue weighted by Crippen LogP contribution is -2.24. The molecule has 0 bridgehead atoms. The number of esters is 1. The molecule has 0 aliphatic heterocycles. The predicted molar refractivity (Wildman–Crippen MR) is 48.7 cm³/mol. The monoisotopic (exact) mass is 174 g/mol. The first-order valence-corrected chi connectivity index (χ1v) is 3.91. The largest absolute Gasteiger partial charge is 0.460 e. The van der Waals surface area contributed by atoms with Gasteiger partial charge in [-0.1, -0.05) is 12.2 Å². The smallest absolute Gasteiger partial charge is 0.311 e. The standard InChI is InChI=1S/C8H14O2S/c1-6(11)5-10-7(9)8(2,3)4/h5H2,1-4H3. The Bertz CT molecular complexity index is 167. The lowest BCUT2D eigenvalue weighted by molar-refractivity contribution is -0.151.